The molecule has 0 saturated heterocycles. The van der Waals surface area contributed by atoms with Crippen LogP contribution in [0.3, 0.4) is 0 Å². The zero-order chi connectivity index (χ0) is 20.1. The van der Waals surface area contributed by atoms with Crippen LogP contribution in [0.4, 0.5) is 0 Å². The molecule has 0 fully saturated rings. The van der Waals surface area contributed by atoms with Gasteiger partial charge in [-0.25, -0.2) is 0 Å². The van der Waals surface area contributed by atoms with Gasteiger partial charge in [0.2, 0.25) is 0 Å². The summed E-state index contributed by atoms with van der Waals surface area (Å²) >= 11 is 6.87. The Kier molecular flexibility index (Phi) is 4.86. The van der Waals surface area contributed by atoms with Crippen LogP contribution in [0, 0.1) is 20.8 Å². The number of aryl methyl sites for hydroxylation is 3. The molecule has 0 saturated carbocycles. The lowest BCUT2D eigenvalue weighted by molar-refractivity contribution is 0.112. The SMILES string of the molecule is Cc1cc(C=O)sc1-c1sc(-c2cc(C)c(-c3scc4c3OCCO4)s2)cc1C. The number of thiophene rings is 4. The summed E-state index contributed by atoms with van der Waals surface area (Å²) in [6.07, 6.45) is 0.938. The Morgan fingerprint density at radius 2 is 1.38 bits per heavy atom. The van der Waals surface area contributed by atoms with Crippen LogP contribution < -0.4 is 9.47 Å². The number of carbonyl (C=O) groups excluding carboxylic acids is 1. The van der Waals surface area contributed by atoms with Gasteiger partial charge in [-0.3, -0.25) is 4.79 Å². The molecule has 0 radical (unpaired) electrons. The molecule has 5 rings (SSSR count). The van der Waals surface area contributed by atoms with Gasteiger partial charge in [0.25, 0.3) is 0 Å². The quantitative estimate of drug-likeness (QED) is 0.298. The van der Waals surface area contributed by atoms with E-state index in [1.165, 1.54) is 41.1 Å². The van der Waals surface area contributed by atoms with Crippen LogP contribution in [0.2, 0.25) is 0 Å². The smallest absolute Gasteiger partial charge is 0.180 e. The highest BCUT2D eigenvalue weighted by Gasteiger charge is 2.23. The Hall–Kier alpha value is -1.93. The van der Waals surface area contributed by atoms with E-state index in [0.29, 0.717) is 13.2 Å². The maximum atomic E-state index is 11.2. The first-order valence-corrected chi connectivity index (χ1v) is 12.5. The predicted molar refractivity (Wildman–Crippen MR) is 125 cm³/mol. The number of rotatable bonds is 4. The summed E-state index contributed by atoms with van der Waals surface area (Å²) in [5, 5.41) is 2.04. The van der Waals surface area contributed by atoms with Gasteiger partial charge in [-0.1, -0.05) is 0 Å². The first kappa shape index (κ1) is 19.1. The fraction of sp³-hybridized carbons (Fsp3) is 0.227. The number of hydrogen-bond acceptors (Lipinski definition) is 7. The zero-order valence-electron chi connectivity index (χ0n) is 16.2. The Labute approximate surface area is 185 Å². The van der Waals surface area contributed by atoms with E-state index in [4.69, 9.17) is 9.47 Å². The van der Waals surface area contributed by atoms with Crippen LogP contribution in [0.15, 0.2) is 23.6 Å². The minimum atomic E-state index is 0.602. The molecule has 0 aromatic carbocycles. The highest BCUT2D eigenvalue weighted by atomic mass is 32.1. The molecule has 0 spiro atoms. The van der Waals surface area contributed by atoms with Crippen molar-refractivity contribution in [1.29, 1.82) is 0 Å². The lowest BCUT2D eigenvalue weighted by Crippen LogP contribution is -2.14. The highest BCUT2D eigenvalue weighted by Crippen LogP contribution is 2.51. The van der Waals surface area contributed by atoms with Gasteiger partial charge in [0.05, 0.1) is 14.6 Å². The van der Waals surface area contributed by atoms with Crippen LogP contribution >= 0.6 is 45.3 Å². The molecule has 0 N–H and O–H groups in total. The summed E-state index contributed by atoms with van der Waals surface area (Å²) in [6, 6.07) is 6.50. The van der Waals surface area contributed by atoms with Crippen molar-refractivity contribution < 1.29 is 14.3 Å². The largest absolute Gasteiger partial charge is 0.485 e. The zero-order valence-corrected chi connectivity index (χ0v) is 19.4. The van der Waals surface area contributed by atoms with Crippen molar-refractivity contribution in [3.8, 4) is 40.8 Å². The van der Waals surface area contributed by atoms with Gasteiger partial charge in [0, 0.05) is 24.9 Å². The molecule has 0 atom stereocenters. The monoisotopic (exact) mass is 458 g/mol. The third-order valence-electron chi connectivity index (χ3n) is 4.84. The third kappa shape index (κ3) is 3.26. The third-order valence-corrected chi connectivity index (χ3v) is 9.95. The molecule has 4 aromatic rings. The van der Waals surface area contributed by atoms with Crippen LogP contribution in [-0.4, -0.2) is 19.5 Å². The van der Waals surface area contributed by atoms with E-state index in [-0.39, 0.29) is 0 Å². The van der Waals surface area contributed by atoms with Crippen LogP contribution in [-0.2, 0) is 0 Å². The molecular formula is C22H18O3S4. The summed E-state index contributed by atoms with van der Waals surface area (Å²) in [6.45, 7) is 7.60. The fourth-order valence-corrected chi connectivity index (χ4v) is 8.27. The van der Waals surface area contributed by atoms with Gasteiger partial charge in [-0.2, -0.15) is 0 Å². The summed E-state index contributed by atoms with van der Waals surface area (Å²) in [4.78, 5) is 19.3. The van der Waals surface area contributed by atoms with Gasteiger partial charge < -0.3 is 9.47 Å². The number of carbonyl (C=O) groups is 1. The number of ether oxygens (including phenoxy) is 2. The van der Waals surface area contributed by atoms with Gasteiger partial charge in [0.1, 0.15) is 13.2 Å². The van der Waals surface area contributed by atoms with Gasteiger partial charge >= 0.3 is 0 Å². The molecule has 1 aliphatic heterocycles. The fourth-order valence-electron chi connectivity index (χ4n) is 3.47. The molecule has 7 heteroatoms. The number of fused-ring (bicyclic) bond motifs is 1. The number of aldehydes is 1. The molecule has 1 aliphatic rings. The summed E-state index contributed by atoms with van der Waals surface area (Å²) in [7, 11) is 0. The Morgan fingerprint density at radius 3 is 2.03 bits per heavy atom. The average molecular weight is 459 g/mol. The molecule has 148 valence electrons. The molecule has 5 heterocycles. The maximum Gasteiger partial charge on any atom is 0.180 e. The molecule has 29 heavy (non-hydrogen) atoms. The molecule has 0 unspecified atom stereocenters. The van der Waals surface area contributed by atoms with Crippen molar-refractivity contribution in [2.75, 3.05) is 13.2 Å². The maximum absolute atomic E-state index is 11.2. The second kappa shape index (κ2) is 7.40. The van der Waals surface area contributed by atoms with Crippen LogP contribution in [0.5, 0.6) is 11.5 Å². The number of hydrogen-bond donors (Lipinski definition) is 0. The van der Waals surface area contributed by atoms with E-state index >= 15 is 0 Å². The summed E-state index contributed by atoms with van der Waals surface area (Å²) in [5.41, 5.74) is 3.68. The topological polar surface area (TPSA) is 35.5 Å². The van der Waals surface area contributed by atoms with E-state index in [0.717, 1.165) is 27.5 Å². The van der Waals surface area contributed by atoms with Crippen molar-refractivity contribution >= 4 is 51.6 Å². The summed E-state index contributed by atoms with van der Waals surface area (Å²) < 4.78 is 11.6. The highest BCUT2D eigenvalue weighted by molar-refractivity contribution is 7.29. The van der Waals surface area contributed by atoms with Gasteiger partial charge in [-0.15, -0.1) is 45.3 Å². The van der Waals surface area contributed by atoms with Gasteiger partial charge in [0.15, 0.2) is 17.8 Å². The Balaban J connectivity index is 1.55. The van der Waals surface area contributed by atoms with Crippen molar-refractivity contribution in [3.05, 3.63) is 45.1 Å². The van der Waals surface area contributed by atoms with Crippen LogP contribution in [0.1, 0.15) is 26.4 Å². The Morgan fingerprint density at radius 1 is 0.793 bits per heavy atom. The molecular weight excluding hydrogens is 441 g/mol. The van der Waals surface area contributed by atoms with E-state index < -0.39 is 0 Å². The van der Waals surface area contributed by atoms with Crippen LogP contribution in [0.25, 0.3) is 29.3 Å². The minimum Gasteiger partial charge on any atom is -0.485 e. The van der Waals surface area contributed by atoms with E-state index in [1.54, 1.807) is 45.3 Å². The first-order valence-electron chi connectivity index (χ1n) is 9.20. The van der Waals surface area contributed by atoms with E-state index in [2.05, 4.69) is 32.9 Å². The molecule has 0 bridgehead atoms. The first-order chi connectivity index (χ1) is 14.0. The predicted octanol–water partition coefficient (Wildman–Crippen LogP) is 7.44. The second-order valence-corrected chi connectivity index (χ2v) is 11.0. The van der Waals surface area contributed by atoms with Gasteiger partial charge in [-0.05, 0) is 55.7 Å². The van der Waals surface area contributed by atoms with E-state index in [1.807, 2.05) is 11.4 Å². The summed E-state index contributed by atoms with van der Waals surface area (Å²) in [5.74, 6) is 1.75. The van der Waals surface area contributed by atoms with Crippen molar-refractivity contribution in [2.45, 2.75) is 20.8 Å². The second-order valence-electron chi connectivity index (χ2n) is 6.98. The van der Waals surface area contributed by atoms with Crippen molar-refractivity contribution in [2.24, 2.45) is 0 Å². The molecule has 3 nitrogen and oxygen atoms in total. The molecule has 0 amide bonds. The lowest BCUT2D eigenvalue weighted by atomic mass is 10.2. The van der Waals surface area contributed by atoms with E-state index in [9.17, 15) is 4.79 Å². The normalized spacial score (nSPS) is 13.1. The Bertz CT molecular complexity index is 1220. The van der Waals surface area contributed by atoms with Crippen molar-refractivity contribution in [3.63, 3.8) is 0 Å². The average Bonchev–Trinajstić information content (AvgIpc) is 3.47. The lowest BCUT2D eigenvalue weighted by Gasteiger charge is -2.15. The molecule has 0 aliphatic carbocycles. The standard InChI is InChI=1S/C22H18O3S4/c1-11-6-14(9-23)27-19(11)20-12(2)7-16(28-20)17-8-13(3)21(29-17)22-18-15(10-26-22)24-4-5-25-18/h6-10H,4-5H2,1-3H3. The molecule has 4 aromatic heterocycles. The van der Waals surface area contributed by atoms with Crippen molar-refractivity contribution in [1.82, 2.24) is 0 Å². The minimum absolute atomic E-state index is 0.602.